The fraction of sp³-hybridized carbons (Fsp3) is 0.778. The van der Waals surface area contributed by atoms with Crippen LogP contribution in [0.2, 0.25) is 0 Å². The monoisotopic (exact) mass is 183 g/mol. The molecule has 0 aromatic carbocycles. The molecule has 0 spiro atoms. The molecule has 0 aromatic heterocycles. The van der Waals surface area contributed by atoms with Gasteiger partial charge in [0, 0.05) is 19.0 Å². The largest absolute Gasteiger partial charge is 0.355 e. The smallest absolute Gasteiger partial charge is 0.220 e. The van der Waals surface area contributed by atoms with Crippen molar-refractivity contribution in [1.29, 1.82) is 5.26 Å². The third-order valence-electron chi connectivity index (χ3n) is 1.65. The summed E-state index contributed by atoms with van der Waals surface area (Å²) < 4.78 is 0. The van der Waals surface area contributed by atoms with Crippen LogP contribution in [0.3, 0.4) is 0 Å². The van der Waals surface area contributed by atoms with Crippen molar-refractivity contribution in [3.8, 4) is 6.07 Å². The molecule has 74 valence electrons. The van der Waals surface area contributed by atoms with Crippen molar-refractivity contribution in [3.05, 3.63) is 0 Å². The van der Waals surface area contributed by atoms with Crippen LogP contribution in [0, 0.1) is 17.2 Å². The predicted octanol–water partition coefficient (Wildman–Crippen LogP) is 0.390. The van der Waals surface area contributed by atoms with Crippen LogP contribution in [0.25, 0.3) is 0 Å². The van der Waals surface area contributed by atoms with Crippen LogP contribution in [0.15, 0.2) is 0 Å². The summed E-state index contributed by atoms with van der Waals surface area (Å²) in [6.07, 6.45) is 1.13. The van der Waals surface area contributed by atoms with Gasteiger partial charge in [0.25, 0.3) is 0 Å². The molecule has 1 amide bonds. The van der Waals surface area contributed by atoms with Crippen molar-refractivity contribution in [3.63, 3.8) is 0 Å². The Morgan fingerprint density at radius 2 is 2.23 bits per heavy atom. The summed E-state index contributed by atoms with van der Waals surface area (Å²) in [5.41, 5.74) is 5.49. The summed E-state index contributed by atoms with van der Waals surface area (Å²) in [6, 6.07) is 2.10. The van der Waals surface area contributed by atoms with Gasteiger partial charge in [0.1, 0.15) is 0 Å². The molecule has 4 nitrogen and oxygen atoms in total. The van der Waals surface area contributed by atoms with Gasteiger partial charge < -0.3 is 11.1 Å². The van der Waals surface area contributed by atoms with Crippen LogP contribution in [0.5, 0.6) is 0 Å². The molecular formula is C9H17N3O. The van der Waals surface area contributed by atoms with E-state index in [4.69, 9.17) is 11.0 Å². The first kappa shape index (κ1) is 11.9. The molecule has 0 aliphatic rings. The molecule has 0 aromatic rings. The van der Waals surface area contributed by atoms with E-state index in [-0.39, 0.29) is 17.9 Å². The molecule has 2 atom stereocenters. The van der Waals surface area contributed by atoms with Crippen LogP contribution >= 0.6 is 0 Å². The number of nitrogens with one attached hydrogen (secondary N) is 1. The molecule has 0 heterocycles. The topological polar surface area (TPSA) is 78.9 Å². The maximum atomic E-state index is 11.1. The van der Waals surface area contributed by atoms with E-state index < -0.39 is 0 Å². The third kappa shape index (κ3) is 7.29. The number of carbonyl (C=O) groups is 1. The average molecular weight is 183 g/mol. The van der Waals surface area contributed by atoms with Gasteiger partial charge in [0.2, 0.25) is 5.91 Å². The second-order valence-electron chi connectivity index (χ2n) is 3.35. The highest BCUT2D eigenvalue weighted by atomic mass is 16.1. The van der Waals surface area contributed by atoms with E-state index in [1.165, 1.54) is 0 Å². The highest BCUT2D eigenvalue weighted by Crippen LogP contribution is 1.94. The van der Waals surface area contributed by atoms with Crippen molar-refractivity contribution < 1.29 is 4.79 Å². The molecule has 0 bridgehead atoms. The van der Waals surface area contributed by atoms with Gasteiger partial charge in [-0.2, -0.15) is 5.26 Å². The maximum Gasteiger partial charge on any atom is 0.220 e. The number of hydrogen-bond acceptors (Lipinski definition) is 3. The quantitative estimate of drug-likeness (QED) is 0.647. The van der Waals surface area contributed by atoms with E-state index in [0.717, 1.165) is 0 Å². The molecule has 3 N–H and O–H groups in total. The molecule has 0 aliphatic heterocycles. The van der Waals surface area contributed by atoms with Gasteiger partial charge in [-0.3, -0.25) is 4.79 Å². The van der Waals surface area contributed by atoms with Gasteiger partial charge in [-0.1, -0.05) is 0 Å². The molecule has 4 heteroatoms. The lowest BCUT2D eigenvalue weighted by Crippen LogP contribution is -2.29. The average Bonchev–Trinajstić information content (AvgIpc) is 2.10. The minimum atomic E-state index is -0.126. The van der Waals surface area contributed by atoms with Crippen LogP contribution in [-0.4, -0.2) is 18.5 Å². The van der Waals surface area contributed by atoms with E-state index >= 15 is 0 Å². The van der Waals surface area contributed by atoms with Crippen LogP contribution in [0.1, 0.15) is 26.7 Å². The van der Waals surface area contributed by atoms with E-state index in [2.05, 4.69) is 5.32 Å². The number of carbonyl (C=O) groups excluding carboxylic acids is 1. The van der Waals surface area contributed by atoms with Crippen molar-refractivity contribution in [2.45, 2.75) is 32.7 Å². The third-order valence-corrected chi connectivity index (χ3v) is 1.65. The zero-order chi connectivity index (χ0) is 10.3. The second kappa shape index (κ2) is 6.44. The molecular weight excluding hydrogens is 166 g/mol. The van der Waals surface area contributed by atoms with E-state index in [0.29, 0.717) is 19.4 Å². The number of nitrogens with two attached hydrogens (primary N) is 1. The number of amides is 1. The number of rotatable bonds is 5. The molecule has 2 unspecified atom stereocenters. The Hall–Kier alpha value is -1.08. The first-order chi connectivity index (χ1) is 6.06. The van der Waals surface area contributed by atoms with Crippen molar-refractivity contribution >= 4 is 5.91 Å². The minimum absolute atomic E-state index is 0.0283. The number of nitrogens with zero attached hydrogens (tertiary/aromatic N) is 1. The standard InChI is InChI=1S/C9H17N3O/c1-7(5-10)6-12-9(13)4-3-8(2)11/h7-8H,3-4,6,11H2,1-2H3,(H,12,13). The molecule has 0 fully saturated rings. The summed E-state index contributed by atoms with van der Waals surface area (Å²) in [7, 11) is 0. The molecule has 0 aliphatic carbocycles. The summed E-state index contributed by atoms with van der Waals surface area (Å²) in [5, 5.41) is 11.1. The van der Waals surface area contributed by atoms with E-state index in [1.54, 1.807) is 6.92 Å². The Morgan fingerprint density at radius 3 is 2.69 bits per heavy atom. The molecule has 0 rings (SSSR count). The van der Waals surface area contributed by atoms with Gasteiger partial charge in [0.05, 0.1) is 12.0 Å². The second-order valence-corrected chi connectivity index (χ2v) is 3.35. The predicted molar refractivity (Wildman–Crippen MR) is 50.7 cm³/mol. The van der Waals surface area contributed by atoms with Crippen LogP contribution in [-0.2, 0) is 4.79 Å². The molecule has 0 saturated heterocycles. The Labute approximate surface area is 79.1 Å². The van der Waals surface area contributed by atoms with Gasteiger partial charge in [-0.15, -0.1) is 0 Å². The van der Waals surface area contributed by atoms with Crippen LogP contribution < -0.4 is 11.1 Å². The zero-order valence-electron chi connectivity index (χ0n) is 8.21. The van der Waals surface area contributed by atoms with Crippen molar-refractivity contribution in [2.75, 3.05) is 6.54 Å². The number of hydrogen-bond donors (Lipinski definition) is 2. The van der Waals surface area contributed by atoms with Gasteiger partial charge >= 0.3 is 0 Å². The highest BCUT2D eigenvalue weighted by Gasteiger charge is 2.05. The van der Waals surface area contributed by atoms with E-state index in [9.17, 15) is 4.79 Å². The van der Waals surface area contributed by atoms with Crippen molar-refractivity contribution in [2.24, 2.45) is 11.7 Å². The summed E-state index contributed by atoms with van der Waals surface area (Å²) in [5.74, 6) is -0.154. The Bertz CT molecular complexity index is 196. The normalized spacial score (nSPS) is 14.3. The van der Waals surface area contributed by atoms with Gasteiger partial charge in [-0.25, -0.2) is 0 Å². The van der Waals surface area contributed by atoms with E-state index in [1.807, 2.05) is 13.0 Å². The first-order valence-corrected chi connectivity index (χ1v) is 4.48. The first-order valence-electron chi connectivity index (χ1n) is 4.48. The lowest BCUT2D eigenvalue weighted by Gasteiger charge is -2.07. The molecule has 0 saturated carbocycles. The fourth-order valence-electron chi connectivity index (χ4n) is 0.760. The highest BCUT2D eigenvalue weighted by molar-refractivity contribution is 5.75. The fourth-order valence-corrected chi connectivity index (χ4v) is 0.760. The SMILES string of the molecule is CC(N)CCC(=O)NCC(C)C#N. The van der Waals surface area contributed by atoms with Crippen molar-refractivity contribution in [1.82, 2.24) is 5.32 Å². The summed E-state index contributed by atoms with van der Waals surface area (Å²) in [4.78, 5) is 11.1. The van der Waals surface area contributed by atoms with Crippen LogP contribution in [0.4, 0.5) is 0 Å². The number of nitriles is 1. The summed E-state index contributed by atoms with van der Waals surface area (Å²) in [6.45, 7) is 4.06. The lowest BCUT2D eigenvalue weighted by atomic mass is 10.2. The van der Waals surface area contributed by atoms with Gasteiger partial charge in [0.15, 0.2) is 0 Å². The summed E-state index contributed by atoms with van der Waals surface area (Å²) >= 11 is 0. The van der Waals surface area contributed by atoms with Gasteiger partial charge in [-0.05, 0) is 20.3 Å². The molecule has 13 heavy (non-hydrogen) atoms. The maximum absolute atomic E-state index is 11.1. The lowest BCUT2D eigenvalue weighted by molar-refractivity contribution is -0.121. The zero-order valence-corrected chi connectivity index (χ0v) is 8.21. The minimum Gasteiger partial charge on any atom is -0.355 e. The Balaban J connectivity index is 3.47. The Morgan fingerprint density at radius 1 is 1.62 bits per heavy atom. The molecule has 0 radical (unpaired) electrons. The Kier molecular flexibility index (Phi) is 5.90.